The molecule has 1 aromatic heterocycles. The molecule has 0 amide bonds. The lowest BCUT2D eigenvalue weighted by Gasteiger charge is -2.23. The second-order valence-corrected chi connectivity index (χ2v) is 6.06. The SMILES string of the molecule is CCc1ccc(-c2cnc([C@H]3CC[C@H](C#N)CC3)nc2)cc1. The monoisotopic (exact) mass is 291 g/mol. The summed E-state index contributed by atoms with van der Waals surface area (Å²) < 4.78 is 0. The second kappa shape index (κ2) is 6.70. The molecule has 0 aliphatic heterocycles. The third kappa shape index (κ3) is 3.17. The maximum Gasteiger partial charge on any atom is 0.131 e. The van der Waals surface area contributed by atoms with E-state index < -0.39 is 0 Å². The lowest BCUT2D eigenvalue weighted by Crippen LogP contribution is -2.14. The number of aryl methyl sites for hydroxylation is 1. The van der Waals surface area contributed by atoms with Crippen molar-refractivity contribution in [3.05, 3.63) is 48.0 Å². The zero-order chi connectivity index (χ0) is 15.4. The highest BCUT2D eigenvalue weighted by molar-refractivity contribution is 5.61. The molecule has 1 aliphatic rings. The number of hydrogen-bond acceptors (Lipinski definition) is 3. The minimum Gasteiger partial charge on any atom is -0.240 e. The quantitative estimate of drug-likeness (QED) is 0.836. The van der Waals surface area contributed by atoms with Crippen LogP contribution in [0.25, 0.3) is 11.1 Å². The zero-order valence-corrected chi connectivity index (χ0v) is 13.0. The Morgan fingerprint density at radius 2 is 1.64 bits per heavy atom. The Bertz CT molecular complexity index is 645. The lowest BCUT2D eigenvalue weighted by molar-refractivity contribution is 0.372. The Kier molecular flexibility index (Phi) is 4.48. The molecule has 0 saturated heterocycles. The first kappa shape index (κ1) is 14.7. The van der Waals surface area contributed by atoms with Gasteiger partial charge in [-0.05, 0) is 43.2 Å². The van der Waals surface area contributed by atoms with Gasteiger partial charge in [0.25, 0.3) is 0 Å². The van der Waals surface area contributed by atoms with E-state index in [1.54, 1.807) is 0 Å². The molecule has 22 heavy (non-hydrogen) atoms. The molecular formula is C19H21N3. The summed E-state index contributed by atoms with van der Waals surface area (Å²) in [6.45, 7) is 2.16. The zero-order valence-electron chi connectivity index (χ0n) is 13.0. The van der Waals surface area contributed by atoms with Crippen LogP contribution in [0.3, 0.4) is 0 Å². The number of nitriles is 1. The van der Waals surface area contributed by atoms with E-state index in [1.165, 1.54) is 5.56 Å². The summed E-state index contributed by atoms with van der Waals surface area (Å²) in [5, 5.41) is 8.97. The van der Waals surface area contributed by atoms with Gasteiger partial charge >= 0.3 is 0 Å². The maximum atomic E-state index is 8.97. The van der Waals surface area contributed by atoms with E-state index in [0.29, 0.717) is 5.92 Å². The third-order valence-corrected chi connectivity index (χ3v) is 4.64. The standard InChI is InChI=1S/C19H21N3/c1-2-14-3-7-16(8-4-14)18-12-21-19(22-13-18)17-9-5-15(11-20)6-10-17/h3-4,7-8,12-13,15,17H,2,5-6,9-10H2,1H3/t15-,17-. The van der Waals surface area contributed by atoms with Gasteiger partial charge in [0.05, 0.1) is 6.07 Å². The van der Waals surface area contributed by atoms with E-state index in [-0.39, 0.29) is 5.92 Å². The predicted molar refractivity (Wildman–Crippen MR) is 87.2 cm³/mol. The molecule has 1 heterocycles. The molecule has 0 N–H and O–H groups in total. The first-order chi connectivity index (χ1) is 10.8. The second-order valence-electron chi connectivity index (χ2n) is 6.06. The van der Waals surface area contributed by atoms with Crippen LogP contribution in [-0.2, 0) is 6.42 Å². The van der Waals surface area contributed by atoms with Crippen LogP contribution in [0.15, 0.2) is 36.7 Å². The van der Waals surface area contributed by atoms with E-state index >= 15 is 0 Å². The van der Waals surface area contributed by atoms with Crippen molar-refractivity contribution in [2.24, 2.45) is 5.92 Å². The van der Waals surface area contributed by atoms with Gasteiger partial charge in [-0.15, -0.1) is 0 Å². The molecule has 0 bridgehead atoms. The molecule has 1 aromatic carbocycles. The molecule has 112 valence electrons. The van der Waals surface area contributed by atoms with Gasteiger partial charge in [-0.25, -0.2) is 9.97 Å². The summed E-state index contributed by atoms with van der Waals surface area (Å²) in [7, 11) is 0. The van der Waals surface area contributed by atoms with Crippen molar-refractivity contribution in [3.63, 3.8) is 0 Å². The Labute approximate surface area is 132 Å². The lowest BCUT2D eigenvalue weighted by atomic mass is 9.82. The number of rotatable bonds is 3. The van der Waals surface area contributed by atoms with Gasteiger partial charge in [0.1, 0.15) is 5.82 Å². The Hall–Kier alpha value is -2.21. The average molecular weight is 291 g/mol. The highest BCUT2D eigenvalue weighted by atomic mass is 14.9. The van der Waals surface area contributed by atoms with Crippen LogP contribution in [0.4, 0.5) is 0 Å². The fourth-order valence-electron chi connectivity index (χ4n) is 3.11. The fourth-order valence-corrected chi connectivity index (χ4v) is 3.11. The van der Waals surface area contributed by atoms with E-state index in [4.69, 9.17) is 5.26 Å². The molecule has 1 fully saturated rings. The molecule has 0 atom stereocenters. The van der Waals surface area contributed by atoms with Gasteiger partial charge in [-0.2, -0.15) is 5.26 Å². The Morgan fingerprint density at radius 1 is 1.00 bits per heavy atom. The summed E-state index contributed by atoms with van der Waals surface area (Å²) >= 11 is 0. The molecule has 2 aromatic rings. The van der Waals surface area contributed by atoms with Crippen LogP contribution in [0, 0.1) is 17.2 Å². The average Bonchev–Trinajstić information content (AvgIpc) is 2.62. The summed E-state index contributed by atoms with van der Waals surface area (Å²) in [5.74, 6) is 1.58. The Balaban J connectivity index is 1.71. The molecule has 3 rings (SSSR count). The molecule has 1 saturated carbocycles. The van der Waals surface area contributed by atoms with Crippen molar-refractivity contribution in [3.8, 4) is 17.2 Å². The highest BCUT2D eigenvalue weighted by Crippen LogP contribution is 2.34. The van der Waals surface area contributed by atoms with Crippen LogP contribution in [0.5, 0.6) is 0 Å². The number of aromatic nitrogens is 2. The normalized spacial score (nSPS) is 21.3. The third-order valence-electron chi connectivity index (χ3n) is 4.64. The van der Waals surface area contributed by atoms with Gasteiger partial charge in [-0.3, -0.25) is 0 Å². The van der Waals surface area contributed by atoms with Crippen molar-refractivity contribution in [2.45, 2.75) is 44.9 Å². The Morgan fingerprint density at radius 3 is 2.18 bits per heavy atom. The van der Waals surface area contributed by atoms with Gasteiger partial charge in [-0.1, -0.05) is 31.2 Å². The van der Waals surface area contributed by atoms with Crippen molar-refractivity contribution < 1.29 is 0 Å². The number of nitrogens with zero attached hydrogens (tertiary/aromatic N) is 3. The maximum absolute atomic E-state index is 8.97. The van der Waals surface area contributed by atoms with Crippen LogP contribution < -0.4 is 0 Å². The van der Waals surface area contributed by atoms with Crippen LogP contribution in [0.1, 0.15) is 49.9 Å². The van der Waals surface area contributed by atoms with Crippen molar-refractivity contribution >= 4 is 0 Å². The molecule has 1 aliphatic carbocycles. The summed E-state index contributed by atoms with van der Waals surface area (Å²) in [4.78, 5) is 9.16. The first-order valence-corrected chi connectivity index (χ1v) is 8.11. The van der Waals surface area contributed by atoms with Crippen LogP contribution in [-0.4, -0.2) is 9.97 Å². The van der Waals surface area contributed by atoms with Crippen LogP contribution >= 0.6 is 0 Å². The van der Waals surface area contributed by atoms with E-state index in [9.17, 15) is 0 Å². The molecule has 0 spiro atoms. The highest BCUT2D eigenvalue weighted by Gasteiger charge is 2.23. The fraction of sp³-hybridized carbons (Fsp3) is 0.421. The van der Waals surface area contributed by atoms with E-state index in [0.717, 1.165) is 49.1 Å². The molecule has 3 heteroatoms. The smallest absolute Gasteiger partial charge is 0.131 e. The van der Waals surface area contributed by atoms with Gasteiger partial charge in [0.15, 0.2) is 0 Å². The van der Waals surface area contributed by atoms with Crippen molar-refractivity contribution in [1.29, 1.82) is 5.26 Å². The number of hydrogen-bond donors (Lipinski definition) is 0. The summed E-state index contributed by atoms with van der Waals surface area (Å²) in [6, 6.07) is 11.0. The van der Waals surface area contributed by atoms with Gasteiger partial charge < -0.3 is 0 Å². The summed E-state index contributed by atoms with van der Waals surface area (Å²) in [6.07, 6.45) is 8.93. The molecule has 0 radical (unpaired) electrons. The van der Waals surface area contributed by atoms with Crippen molar-refractivity contribution in [1.82, 2.24) is 9.97 Å². The van der Waals surface area contributed by atoms with E-state index in [2.05, 4.69) is 47.2 Å². The minimum atomic E-state index is 0.229. The summed E-state index contributed by atoms with van der Waals surface area (Å²) in [5.41, 5.74) is 3.57. The van der Waals surface area contributed by atoms with Gasteiger partial charge in [0, 0.05) is 29.8 Å². The predicted octanol–water partition coefficient (Wildman–Crippen LogP) is 4.50. The van der Waals surface area contributed by atoms with E-state index in [1.807, 2.05) is 12.4 Å². The van der Waals surface area contributed by atoms with Crippen LogP contribution in [0.2, 0.25) is 0 Å². The molecular weight excluding hydrogens is 270 g/mol. The first-order valence-electron chi connectivity index (χ1n) is 8.11. The van der Waals surface area contributed by atoms with Crippen molar-refractivity contribution in [2.75, 3.05) is 0 Å². The molecule has 0 unspecified atom stereocenters. The topological polar surface area (TPSA) is 49.6 Å². The largest absolute Gasteiger partial charge is 0.240 e. The minimum absolute atomic E-state index is 0.229. The van der Waals surface area contributed by atoms with Gasteiger partial charge in [0.2, 0.25) is 0 Å². The molecule has 3 nitrogen and oxygen atoms in total. The number of benzene rings is 1.